The van der Waals surface area contributed by atoms with E-state index < -0.39 is 17.1 Å². The van der Waals surface area contributed by atoms with Gasteiger partial charge in [0.2, 0.25) is 0 Å². The maximum atomic E-state index is 10.0. The van der Waals surface area contributed by atoms with E-state index in [0.717, 1.165) is 0 Å². The number of hydrogen-bond donors (Lipinski definition) is 4. The van der Waals surface area contributed by atoms with E-state index in [0.29, 0.717) is 19.4 Å². The zero-order valence-electron chi connectivity index (χ0n) is 6.92. The molecule has 0 bridgehead atoms. The van der Waals surface area contributed by atoms with Crippen LogP contribution in [0.1, 0.15) is 12.8 Å². The topological polar surface area (TPSA) is 153 Å². The highest BCUT2D eigenvalue weighted by Crippen LogP contribution is 1.91. The molecule has 6 N–H and O–H groups in total. The van der Waals surface area contributed by atoms with Crippen molar-refractivity contribution in [3.05, 3.63) is 10.1 Å². The zero-order valence-corrected chi connectivity index (χ0v) is 6.92. The summed E-state index contributed by atoms with van der Waals surface area (Å²) in [4.78, 5) is 18.4. The summed E-state index contributed by atoms with van der Waals surface area (Å²) in [5.74, 6) is -0.955. The van der Waals surface area contributed by atoms with Crippen LogP contribution in [0, 0.1) is 10.1 Å². The van der Waals surface area contributed by atoms with Crippen LogP contribution in [0.2, 0.25) is 0 Å². The fourth-order valence-corrected chi connectivity index (χ4v) is 0.461. The zero-order chi connectivity index (χ0) is 10.9. The predicted molar refractivity (Wildman–Crippen MR) is 42.7 cm³/mol. The Bertz CT molecular complexity index is 158. The largest absolute Gasteiger partial charge is 0.480 e. The van der Waals surface area contributed by atoms with Gasteiger partial charge >= 0.3 is 5.97 Å². The van der Waals surface area contributed by atoms with Crippen LogP contribution in [-0.2, 0) is 4.79 Å². The maximum Gasteiger partial charge on any atom is 0.320 e. The third-order valence-corrected chi connectivity index (χ3v) is 1.04. The highest BCUT2D eigenvalue weighted by molar-refractivity contribution is 5.72. The molecule has 1 unspecified atom stereocenters. The standard InChI is InChI=1S/C5H12N2O2.HNO3/c6-3-1-2-4(7)5(8)9;2-1(3)4/h4H,1-3,6-7H2,(H,8,9);(H,2,3,4). The van der Waals surface area contributed by atoms with Crippen LogP contribution in [0.5, 0.6) is 0 Å². The molecule has 0 aromatic heterocycles. The Morgan fingerprint density at radius 3 is 2.23 bits per heavy atom. The van der Waals surface area contributed by atoms with Crippen molar-refractivity contribution in [1.82, 2.24) is 0 Å². The van der Waals surface area contributed by atoms with Crippen LogP contribution < -0.4 is 11.5 Å². The molecular weight excluding hydrogens is 182 g/mol. The summed E-state index contributed by atoms with van der Waals surface area (Å²) in [6, 6.07) is -0.742. The van der Waals surface area contributed by atoms with E-state index in [1.807, 2.05) is 0 Å². The van der Waals surface area contributed by atoms with E-state index in [4.69, 9.17) is 31.9 Å². The number of carbonyl (C=O) groups is 1. The number of aliphatic carboxylic acids is 1. The van der Waals surface area contributed by atoms with E-state index >= 15 is 0 Å². The van der Waals surface area contributed by atoms with Crippen molar-refractivity contribution in [3.8, 4) is 0 Å². The minimum Gasteiger partial charge on any atom is -0.480 e. The van der Waals surface area contributed by atoms with Crippen LogP contribution in [-0.4, -0.2) is 34.0 Å². The molecule has 0 aromatic carbocycles. The lowest BCUT2D eigenvalue weighted by molar-refractivity contribution is -0.742. The minimum absolute atomic E-state index is 0.464. The van der Waals surface area contributed by atoms with Crippen LogP contribution in [0.15, 0.2) is 0 Å². The average molecular weight is 195 g/mol. The van der Waals surface area contributed by atoms with Crippen LogP contribution in [0.25, 0.3) is 0 Å². The van der Waals surface area contributed by atoms with Gasteiger partial charge in [0.15, 0.2) is 0 Å². The lowest BCUT2D eigenvalue weighted by atomic mass is 10.2. The number of hydrogen-bond acceptors (Lipinski definition) is 5. The van der Waals surface area contributed by atoms with Crippen molar-refractivity contribution in [2.24, 2.45) is 11.5 Å². The first-order chi connectivity index (χ1) is 5.91. The molecule has 0 aliphatic rings. The van der Waals surface area contributed by atoms with Gasteiger partial charge in [-0.3, -0.25) is 4.79 Å². The fraction of sp³-hybridized carbons (Fsp3) is 0.800. The summed E-state index contributed by atoms with van der Waals surface area (Å²) >= 11 is 0. The van der Waals surface area contributed by atoms with Crippen molar-refractivity contribution >= 4 is 5.97 Å². The molecular formula is C5H13N3O5. The molecule has 0 aliphatic heterocycles. The third-order valence-electron chi connectivity index (χ3n) is 1.04. The molecule has 0 aliphatic carbocycles. The minimum atomic E-state index is -1.50. The first-order valence-corrected chi connectivity index (χ1v) is 3.43. The van der Waals surface area contributed by atoms with E-state index in [1.54, 1.807) is 0 Å². The van der Waals surface area contributed by atoms with Crippen LogP contribution >= 0.6 is 0 Å². The molecule has 0 spiro atoms. The van der Waals surface area contributed by atoms with Crippen molar-refractivity contribution in [3.63, 3.8) is 0 Å². The third kappa shape index (κ3) is 18.0. The number of nitrogens with zero attached hydrogens (tertiary/aromatic N) is 1. The molecule has 13 heavy (non-hydrogen) atoms. The fourth-order valence-electron chi connectivity index (χ4n) is 0.461. The van der Waals surface area contributed by atoms with Gasteiger partial charge in [0, 0.05) is 0 Å². The molecule has 0 fully saturated rings. The quantitative estimate of drug-likeness (QED) is 0.324. The number of carboxylic acid groups (broad SMARTS) is 1. The van der Waals surface area contributed by atoms with Crippen molar-refractivity contribution < 1.29 is 20.2 Å². The van der Waals surface area contributed by atoms with E-state index in [-0.39, 0.29) is 0 Å². The normalized spacial score (nSPS) is 10.9. The molecule has 0 amide bonds. The summed E-state index contributed by atoms with van der Waals surface area (Å²) in [7, 11) is 0. The maximum absolute atomic E-state index is 10.0. The molecule has 0 rings (SSSR count). The molecule has 1 atom stereocenters. The Morgan fingerprint density at radius 2 is 2.00 bits per heavy atom. The van der Waals surface area contributed by atoms with Gasteiger partial charge < -0.3 is 21.8 Å². The molecule has 0 aromatic rings. The summed E-state index contributed by atoms with van der Waals surface area (Å²) < 4.78 is 0. The molecule has 0 saturated carbocycles. The summed E-state index contributed by atoms with van der Waals surface area (Å²) in [6.45, 7) is 0.501. The van der Waals surface area contributed by atoms with Gasteiger partial charge in [0.1, 0.15) is 6.04 Å². The van der Waals surface area contributed by atoms with E-state index in [9.17, 15) is 4.79 Å². The molecule has 8 nitrogen and oxygen atoms in total. The van der Waals surface area contributed by atoms with E-state index in [1.165, 1.54) is 0 Å². The van der Waals surface area contributed by atoms with E-state index in [2.05, 4.69) is 0 Å². The number of carboxylic acids is 1. The van der Waals surface area contributed by atoms with Crippen LogP contribution in [0.4, 0.5) is 0 Å². The summed E-state index contributed by atoms with van der Waals surface area (Å²) in [6.07, 6.45) is 1.14. The van der Waals surface area contributed by atoms with Crippen molar-refractivity contribution in [1.29, 1.82) is 0 Å². The second kappa shape index (κ2) is 8.68. The van der Waals surface area contributed by atoms with Crippen molar-refractivity contribution in [2.45, 2.75) is 18.9 Å². The number of rotatable bonds is 4. The summed E-state index contributed by atoms with van der Waals surface area (Å²) in [5.41, 5.74) is 10.3. The summed E-state index contributed by atoms with van der Waals surface area (Å²) in [5, 5.41) is 21.9. The van der Waals surface area contributed by atoms with Gasteiger partial charge in [-0.2, -0.15) is 0 Å². The Kier molecular flexibility index (Phi) is 9.44. The number of nitrogens with two attached hydrogens (primary N) is 2. The SMILES string of the molecule is NCCCC(N)C(=O)O.O=[N+]([O-])O. The molecule has 0 radical (unpaired) electrons. The van der Waals surface area contributed by atoms with Gasteiger partial charge in [0.25, 0.3) is 5.09 Å². The highest BCUT2D eigenvalue weighted by Gasteiger charge is 2.08. The molecule has 78 valence electrons. The first-order valence-electron chi connectivity index (χ1n) is 3.43. The smallest absolute Gasteiger partial charge is 0.320 e. The van der Waals surface area contributed by atoms with Crippen molar-refractivity contribution in [2.75, 3.05) is 6.54 Å². The highest BCUT2D eigenvalue weighted by atomic mass is 16.9. The second-order valence-corrected chi connectivity index (χ2v) is 2.11. The Morgan fingerprint density at radius 1 is 1.62 bits per heavy atom. The molecule has 8 heteroatoms. The van der Waals surface area contributed by atoms with Gasteiger partial charge in [-0.25, -0.2) is 0 Å². The Balaban J connectivity index is 0. The molecule has 0 saturated heterocycles. The van der Waals surface area contributed by atoms with Gasteiger partial charge in [0.05, 0.1) is 0 Å². The van der Waals surface area contributed by atoms with Gasteiger partial charge in [-0.15, -0.1) is 10.1 Å². The second-order valence-electron chi connectivity index (χ2n) is 2.11. The molecule has 0 heterocycles. The Labute approximate surface area is 74.2 Å². The van der Waals surface area contributed by atoms with Gasteiger partial charge in [-0.1, -0.05) is 0 Å². The first kappa shape index (κ1) is 14.1. The monoisotopic (exact) mass is 195 g/mol. The predicted octanol–water partition coefficient (Wildman–Crippen LogP) is -1.21. The lowest BCUT2D eigenvalue weighted by Gasteiger charge is -2.02. The van der Waals surface area contributed by atoms with Gasteiger partial charge in [-0.05, 0) is 19.4 Å². The average Bonchev–Trinajstić information content (AvgIpc) is 1.98. The Hall–Kier alpha value is -1.41. The van der Waals surface area contributed by atoms with Crippen LogP contribution in [0.3, 0.4) is 0 Å². The lowest BCUT2D eigenvalue weighted by Crippen LogP contribution is -2.30.